The number of hydrogen-bond acceptors (Lipinski definition) is 6. The van der Waals surface area contributed by atoms with Gasteiger partial charge in [0.25, 0.3) is 5.56 Å². The second-order valence-electron chi connectivity index (χ2n) is 6.96. The standard InChI is InChI=1S/C19H18N4O3S/c24-16-14-18(22-15(21-16)11-8-9-11)27-17(20-14)13-7-4-10-23(13)19(25)26-12-5-2-1-3-6-12/h1-3,5-6,11,13H,4,7-10H2,(H,21,22,24). The molecular formula is C19H18N4O3S. The van der Waals surface area contributed by atoms with Gasteiger partial charge in [0.1, 0.15) is 16.6 Å². The summed E-state index contributed by atoms with van der Waals surface area (Å²) in [5.41, 5.74) is 0.170. The summed E-state index contributed by atoms with van der Waals surface area (Å²) in [6.07, 6.45) is 3.44. The van der Waals surface area contributed by atoms with Gasteiger partial charge in [-0.25, -0.2) is 14.8 Å². The molecule has 2 aliphatic rings. The molecule has 5 rings (SSSR count). The van der Waals surface area contributed by atoms with E-state index >= 15 is 0 Å². The Kier molecular flexibility index (Phi) is 3.93. The first kappa shape index (κ1) is 16.4. The summed E-state index contributed by atoms with van der Waals surface area (Å²) in [5.74, 6) is 1.65. The van der Waals surface area contributed by atoms with Crippen LogP contribution in [-0.4, -0.2) is 32.5 Å². The molecule has 1 N–H and O–H groups in total. The van der Waals surface area contributed by atoms with Crippen LogP contribution >= 0.6 is 11.3 Å². The number of fused-ring (bicyclic) bond motifs is 1. The Morgan fingerprint density at radius 3 is 2.78 bits per heavy atom. The number of carbonyl (C=O) groups is 1. The Hall–Kier alpha value is -2.74. The Labute approximate surface area is 159 Å². The molecule has 1 saturated carbocycles. The molecule has 138 valence electrons. The third-order valence-electron chi connectivity index (χ3n) is 4.99. The van der Waals surface area contributed by atoms with Crippen LogP contribution in [0, 0.1) is 0 Å². The highest BCUT2D eigenvalue weighted by molar-refractivity contribution is 7.18. The summed E-state index contributed by atoms with van der Waals surface area (Å²) in [6, 6.07) is 8.86. The summed E-state index contributed by atoms with van der Waals surface area (Å²) in [7, 11) is 0. The van der Waals surface area contributed by atoms with Gasteiger partial charge in [0, 0.05) is 12.5 Å². The molecule has 3 aromatic rings. The lowest BCUT2D eigenvalue weighted by Crippen LogP contribution is -2.33. The van der Waals surface area contributed by atoms with E-state index < -0.39 is 0 Å². The van der Waals surface area contributed by atoms with Gasteiger partial charge in [-0.15, -0.1) is 0 Å². The highest BCUT2D eigenvalue weighted by Crippen LogP contribution is 2.39. The van der Waals surface area contributed by atoms with Gasteiger partial charge in [-0.2, -0.15) is 0 Å². The number of aromatic nitrogens is 3. The highest BCUT2D eigenvalue weighted by Gasteiger charge is 2.34. The van der Waals surface area contributed by atoms with Gasteiger partial charge in [-0.1, -0.05) is 29.5 Å². The first-order chi connectivity index (χ1) is 13.2. The monoisotopic (exact) mass is 382 g/mol. The van der Waals surface area contributed by atoms with Crippen LogP contribution in [0.25, 0.3) is 10.3 Å². The molecule has 27 heavy (non-hydrogen) atoms. The number of likely N-dealkylation sites (tertiary alicyclic amines) is 1. The van der Waals surface area contributed by atoms with Crippen molar-refractivity contribution in [1.29, 1.82) is 0 Å². The molecule has 2 fully saturated rings. The molecule has 1 amide bonds. The third-order valence-corrected chi connectivity index (χ3v) is 6.04. The number of aromatic amines is 1. The Morgan fingerprint density at radius 2 is 2.00 bits per heavy atom. The number of carbonyl (C=O) groups excluding carboxylic acids is 1. The zero-order valence-electron chi connectivity index (χ0n) is 14.6. The molecule has 0 spiro atoms. The lowest BCUT2D eigenvalue weighted by Gasteiger charge is -2.22. The maximum absolute atomic E-state index is 12.6. The van der Waals surface area contributed by atoms with E-state index in [0.717, 1.165) is 36.5 Å². The van der Waals surface area contributed by atoms with Crippen LogP contribution in [0.5, 0.6) is 5.75 Å². The van der Waals surface area contributed by atoms with E-state index in [9.17, 15) is 9.59 Å². The Morgan fingerprint density at radius 1 is 1.19 bits per heavy atom. The van der Waals surface area contributed by atoms with Gasteiger partial charge >= 0.3 is 6.09 Å². The number of thiazole rings is 1. The van der Waals surface area contributed by atoms with Crippen molar-refractivity contribution in [2.45, 2.75) is 37.6 Å². The fraction of sp³-hybridized carbons (Fsp3) is 0.368. The second-order valence-corrected chi connectivity index (χ2v) is 7.97. The van der Waals surface area contributed by atoms with Gasteiger partial charge in [0.15, 0.2) is 10.3 Å². The van der Waals surface area contributed by atoms with Crippen molar-refractivity contribution in [1.82, 2.24) is 19.9 Å². The van der Waals surface area contributed by atoms with E-state index in [1.165, 1.54) is 11.3 Å². The number of benzene rings is 1. The minimum atomic E-state index is -0.386. The zero-order chi connectivity index (χ0) is 18.4. The van der Waals surface area contributed by atoms with Gasteiger partial charge in [-0.05, 0) is 37.8 Å². The summed E-state index contributed by atoms with van der Waals surface area (Å²) in [5, 5.41) is 0.749. The largest absolute Gasteiger partial charge is 0.415 e. The predicted molar refractivity (Wildman–Crippen MR) is 101 cm³/mol. The molecule has 1 saturated heterocycles. The fourth-order valence-electron chi connectivity index (χ4n) is 3.45. The molecule has 8 heteroatoms. The normalized spacial score (nSPS) is 19.6. The smallest absolute Gasteiger partial charge is 0.410 e. The molecule has 0 radical (unpaired) electrons. The van der Waals surface area contributed by atoms with Crippen molar-refractivity contribution in [3.8, 4) is 5.75 Å². The maximum atomic E-state index is 12.6. The number of ether oxygens (including phenoxy) is 1. The summed E-state index contributed by atoms with van der Waals surface area (Å²) in [4.78, 5) is 39.3. The second kappa shape index (κ2) is 6.45. The van der Waals surface area contributed by atoms with E-state index in [-0.39, 0.29) is 17.7 Å². The van der Waals surface area contributed by atoms with E-state index in [4.69, 9.17) is 4.74 Å². The molecule has 3 heterocycles. The number of nitrogens with zero attached hydrogens (tertiary/aromatic N) is 3. The van der Waals surface area contributed by atoms with E-state index in [1.54, 1.807) is 17.0 Å². The quantitative estimate of drug-likeness (QED) is 0.748. The number of nitrogens with one attached hydrogen (secondary N) is 1. The number of H-pyrrole nitrogens is 1. The number of rotatable bonds is 3. The van der Waals surface area contributed by atoms with Gasteiger partial charge in [-0.3, -0.25) is 9.69 Å². The van der Waals surface area contributed by atoms with Crippen LogP contribution in [0.4, 0.5) is 4.79 Å². The minimum absolute atomic E-state index is 0.177. The molecule has 7 nitrogen and oxygen atoms in total. The van der Waals surface area contributed by atoms with E-state index in [0.29, 0.717) is 28.6 Å². The van der Waals surface area contributed by atoms with Crippen LogP contribution in [0.1, 0.15) is 48.5 Å². The van der Waals surface area contributed by atoms with Gasteiger partial charge in [0.05, 0.1) is 6.04 Å². The van der Waals surface area contributed by atoms with Crippen LogP contribution < -0.4 is 10.3 Å². The topological polar surface area (TPSA) is 88.2 Å². The Balaban J connectivity index is 1.43. The molecular weight excluding hydrogens is 364 g/mol. The number of hydrogen-bond donors (Lipinski definition) is 1. The van der Waals surface area contributed by atoms with Crippen molar-refractivity contribution in [2.24, 2.45) is 0 Å². The van der Waals surface area contributed by atoms with Crippen molar-refractivity contribution in [2.75, 3.05) is 6.54 Å². The van der Waals surface area contributed by atoms with Gasteiger partial charge in [0.2, 0.25) is 0 Å². The summed E-state index contributed by atoms with van der Waals surface area (Å²) < 4.78 is 5.49. The van der Waals surface area contributed by atoms with Crippen molar-refractivity contribution < 1.29 is 9.53 Å². The van der Waals surface area contributed by atoms with Crippen molar-refractivity contribution in [3.05, 3.63) is 51.5 Å². The molecule has 1 atom stereocenters. The average Bonchev–Trinajstić information content (AvgIpc) is 3.24. The van der Waals surface area contributed by atoms with Crippen LogP contribution in [0.3, 0.4) is 0 Å². The molecule has 1 aromatic carbocycles. The number of amides is 1. The van der Waals surface area contributed by atoms with E-state index in [2.05, 4.69) is 15.0 Å². The first-order valence-electron chi connectivity index (χ1n) is 9.13. The maximum Gasteiger partial charge on any atom is 0.415 e. The lowest BCUT2D eigenvalue weighted by atomic mass is 10.2. The van der Waals surface area contributed by atoms with Crippen LogP contribution in [0.2, 0.25) is 0 Å². The molecule has 2 aromatic heterocycles. The van der Waals surface area contributed by atoms with Crippen molar-refractivity contribution >= 4 is 27.8 Å². The predicted octanol–water partition coefficient (Wildman–Crippen LogP) is 3.59. The Bertz CT molecular complexity index is 1060. The van der Waals surface area contributed by atoms with E-state index in [1.807, 2.05) is 18.2 Å². The van der Waals surface area contributed by atoms with Gasteiger partial charge < -0.3 is 9.72 Å². The summed E-state index contributed by atoms with van der Waals surface area (Å²) in [6.45, 7) is 0.614. The molecule has 1 aliphatic heterocycles. The van der Waals surface area contributed by atoms with Crippen molar-refractivity contribution in [3.63, 3.8) is 0 Å². The van der Waals surface area contributed by atoms with Crippen LogP contribution in [-0.2, 0) is 0 Å². The molecule has 1 aliphatic carbocycles. The average molecular weight is 382 g/mol. The zero-order valence-corrected chi connectivity index (χ0v) is 15.4. The highest BCUT2D eigenvalue weighted by atomic mass is 32.1. The lowest BCUT2D eigenvalue weighted by molar-refractivity contribution is 0.147. The summed E-state index contributed by atoms with van der Waals surface area (Å²) >= 11 is 1.40. The fourth-order valence-corrected chi connectivity index (χ4v) is 4.54. The molecule has 1 unspecified atom stereocenters. The van der Waals surface area contributed by atoms with Crippen LogP contribution in [0.15, 0.2) is 35.1 Å². The SMILES string of the molecule is O=C(Oc1ccccc1)N1CCCC1c1nc2c(=O)[nH]c(C3CC3)nc2s1. The minimum Gasteiger partial charge on any atom is -0.410 e. The molecule has 0 bridgehead atoms. The third kappa shape index (κ3) is 3.10. The first-order valence-corrected chi connectivity index (χ1v) is 9.95. The number of para-hydroxylation sites is 1.